The average molecular weight is 332 g/mol. The predicted octanol–water partition coefficient (Wildman–Crippen LogP) is 1.56. The number of likely N-dealkylation sites (tertiary alicyclic amines) is 1. The maximum atomic E-state index is 12.9. The summed E-state index contributed by atoms with van der Waals surface area (Å²) < 4.78 is 11.8. The standard InChI is InChI=1S/C18H24N2O4/c1-11(2)19-16(21)14-15-13(23-18(3,4)24-15)10-20(14)17(22)12-8-6-5-7-9-12/h5-9,11,13-15H,10H2,1-4H3,(H,19,21)/t13-,14-,15-/m0/s1. The summed E-state index contributed by atoms with van der Waals surface area (Å²) in [5.41, 5.74) is 0.555. The Labute approximate surface area is 142 Å². The van der Waals surface area contributed by atoms with E-state index in [4.69, 9.17) is 9.47 Å². The number of nitrogens with one attached hydrogen (secondary N) is 1. The molecule has 2 amide bonds. The lowest BCUT2D eigenvalue weighted by molar-refractivity contribution is -0.162. The van der Waals surface area contributed by atoms with Gasteiger partial charge in [-0.25, -0.2) is 0 Å². The average Bonchev–Trinajstić information content (AvgIpc) is 2.98. The van der Waals surface area contributed by atoms with Gasteiger partial charge in [0.05, 0.1) is 6.54 Å². The van der Waals surface area contributed by atoms with Crippen LogP contribution in [-0.4, -0.2) is 53.3 Å². The van der Waals surface area contributed by atoms with Crippen LogP contribution in [0.2, 0.25) is 0 Å². The minimum atomic E-state index is -0.742. The molecule has 6 heteroatoms. The van der Waals surface area contributed by atoms with Crippen molar-refractivity contribution in [1.29, 1.82) is 0 Å². The zero-order chi connectivity index (χ0) is 17.5. The second-order valence-corrected chi connectivity index (χ2v) is 7.07. The maximum absolute atomic E-state index is 12.9. The molecule has 0 spiro atoms. The number of benzene rings is 1. The van der Waals surface area contributed by atoms with E-state index in [0.29, 0.717) is 12.1 Å². The van der Waals surface area contributed by atoms with Crippen molar-refractivity contribution in [2.45, 2.75) is 57.8 Å². The summed E-state index contributed by atoms with van der Waals surface area (Å²) in [6.07, 6.45) is -0.748. The molecule has 0 radical (unpaired) electrons. The van der Waals surface area contributed by atoms with E-state index in [2.05, 4.69) is 5.32 Å². The molecule has 1 aromatic carbocycles. The van der Waals surface area contributed by atoms with Crippen LogP contribution in [0.5, 0.6) is 0 Å². The number of nitrogens with zero attached hydrogens (tertiary/aromatic N) is 1. The summed E-state index contributed by atoms with van der Waals surface area (Å²) in [5.74, 6) is -1.13. The van der Waals surface area contributed by atoms with Crippen molar-refractivity contribution >= 4 is 11.8 Å². The highest BCUT2D eigenvalue weighted by Gasteiger charge is 2.56. The monoisotopic (exact) mass is 332 g/mol. The normalized spacial score (nSPS) is 28.0. The Morgan fingerprint density at radius 2 is 1.88 bits per heavy atom. The lowest BCUT2D eigenvalue weighted by Crippen LogP contribution is -2.52. The van der Waals surface area contributed by atoms with Gasteiger partial charge in [-0.1, -0.05) is 18.2 Å². The molecule has 2 aliphatic rings. The summed E-state index contributed by atoms with van der Waals surface area (Å²) in [6.45, 7) is 7.78. The van der Waals surface area contributed by atoms with E-state index >= 15 is 0 Å². The van der Waals surface area contributed by atoms with Gasteiger partial charge in [-0.15, -0.1) is 0 Å². The van der Waals surface area contributed by atoms with Crippen LogP contribution in [0, 0.1) is 0 Å². The molecule has 0 unspecified atom stereocenters. The molecule has 0 bridgehead atoms. The number of amides is 2. The topological polar surface area (TPSA) is 67.9 Å². The fraction of sp³-hybridized carbons (Fsp3) is 0.556. The molecule has 2 saturated heterocycles. The first-order valence-corrected chi connectivity index (χ1v) is 8.30. The van der Waals surface area contributed by atoms with Crippen molar-refractivity contribution in [3.63, 3.8) is 0 Å². The number of rotatable bonds is 3. The Morgan fingerprint density at radius 1 is 1.21 bits per heavy atom. The Morgan fingerprint density at radius 3 is 2.50 bits per heavy atom. The van der Waals surface area contributed by atoms with E-state index in [1.807, 2.05) is 45.9 Å². The summed E-state index contributed by atoms with van der Waals surface area (Å²) in [4.78, 5) is 27.2. The lowest BCUT2D eigenvalue weighted by atomic mass is 10.1. The SMILES string of the molecule is CC(C)NC(=O)[C@@H]1[C@H]2OC(C)(C)O[C@H]2CN1C(=O)c1ccccc1. The van der Waals surface area contributed by atoms with Crippen molar-refractivity contribution in [3.05, 3.63) is 35.9 Å². The fourth-order valence-corrected chi connectivity index (χ4v) is 3.37. The molecule has 2 fully saturated rings. The smallest absolute Gasteiger partial charge is 0.254 e. The first-order chi connectivity index (χ1) is 11.3. The van der Waals surface area contributed by atoms with E-state index in [0.717, 1.165) is 0 Å². The number of hydrogen-bond donors (Lipinski definition) is 1. The molecule has 1 aromatic rings. The molecule has 0 aromatic heterocycles. The first kappa shape index (κ1) is 16.9. The van der Waals surface area contributed by atoms with E-state index in [9.17, 15) is 9.59 Å². The molecule has 0 aliphatic carbocycles. The zero-order valence-electron chi connectivity index (χ0n) is 14.5. The van der Waals surface area contributed by atoms with Gasteiger partial charge < -0.3 is 19.7 Å². The lowest BCUT2D eigenvalue weighted by Gasteiger charge is -2.29. The molecule has 6 nitrogen and oxygen atoms in total. The van der Waals surface area contributed by atoms with Crippen LogP contribution < -0.4 is 5.32 Å². The van der Waals surface area contributed by atoms with E-state index in [1.165, 1.54) is 0 Å². The molecule has 130 valence electrons. The van der Waals surface area contributed by atoms with Crippen LogP contribution in [0.25, 0.3) is 0 Å². The van der Waals surface area contributed by atoms with Gasteiger partial charge >= 0.3 is 0 Å². The van der Waals surface area contributed by atoms with Crippen LogP contribution in [-0.2, 0) is 14.3 Å². The molecule has 24 heavy (non-hydrogen) atoms. The minimum absolute atomic E-state index is 0.0134. The van der Waals surface area contributed by atoms with Crippen LogP contribution >= 0.6 is 0 Å². The third kappa shape index (κ3) is 3.16. The molecular formula is C18H24N2O4. The molecule has 2 aliphatic heterocycles. The highest BCUT2D eigenvalue weighted by atomic mass is 16.8. The Hall–Kier alpha value is -1.92. The number of carbonyl (C=O) groups is 2. The van der Waals surface area contributed by atoms with Gasteiger partial charge in [0.25, 0.3) is 5.91 Å². The third-order valence-electron chi connectivity index (χ3n) is 4.23. The largest absolute Gasteiger partial charge is 0.352 e. The van der Waals surface area contributed by atoms with Crippen molar-refractivity contribution in [1.82, 2.24) is 10.2 Å². The molecule has 3 rings (SSSR count). The molecule has 3 atom stereocenters. The van der Waals surface area contributed by atoms with Crippen molar-refractivity contribution in [2.24, 2.45) is 0 Å². The second kappa shape index (κ2) is 6.18. The van der Waals surface area contributed by atoms with Crippen molar-refractivity contribution in [3.8, 4) is 0 Å². The summed E-state index contributed by atoms with van der Waals surface area (Å²) in [7, 11) is 0. The number of ether oxygens (including phenoxy) is 2. The summed E-state index contributed by atoms with van der Waals surface area (Å²) in [6, 6.07) is 8.27. The van der Waals surface area contributed by atoms with Gasteiger partial charge in [0, 0.05) is 11.6 Å². The second-order valence-electron chi connectivity index (χ2n) is 7.07. The van der Waals surface area contributed by atoms with Gasteiger partial charge in [-0.3, -0.25) is 9.59 Å². The highest BCUT2D eigenvalue weighted by molar-refractivity contribution is 5.98. The van der Waals surface area contributed by atoms with Crippen molar-refractivity contribution in [2.75, 3.05) is 6.54 Å². The van der Waals surface area contributed by atoms with Gasteiger partial charge in [-0.05, 0) is 39.8 Å². The van der Waals surface area contributed by atoms with Crippen molar-refractivity contribution < 1.29 is 19.1 Å². The van der Waals surface area contributed by atoms with Gasteiger partial charge in [0.15, 0.2) is 5.79 Å². The number of carbonyl (C=O) groups excluding carboxylic acids is 2. The predicted molar refractivity (Wildman–Crippen MR) is 88.4 cm³/mol. The fourth-order valence-electron chi connectivity index (χ4n) is 3.37. The van der Waals surface area contributed by atoms with Crippen LogP contribution in [0.1, 0.15) is 38.1 Å². The van der Waals surface area contributed by atoms with Gasteiger partial charge in [0.1, 0.15) is 18.2 Å². The highest BCUT2D eigenvalue weighted by Crippen LogP contribution is 2.37. The van der Waals surface area contributed by atoms with Gasteiger partial charge in [0.2, 0.25) is 5.91 Å². The minimum Gasteiger partial charge on any atom is -0.352 e. The Kier molecular flexibility index (Phi) is 4.36. The van der Waals surface area contributed by atoms with Crippen LogP contribution in [0.15, 0.2) is 30.3 Å². The Bertz CT molecular complexity index is 629. The van der Waals surface area contributed by atoms with E-state index < -0.39 is 17.9 Å². The number of fused-ring (bicyclic) bond motifs is 1. The Balaban J connectivity index is 1.88. The van der Waals surface area contributed by atoms with E-state index in [-0.39, 0.29) is 24.0 Å². The third-order valence-corrected chi connectivity index (χ3v) is 4.23. The van der Waals surface area contributed by atoms with Crippen LogP contribution in [0.4, 0.5) is 0 Å². The molecule has 0 saturated carbocycles. The van der Waals surface area contributed by atoms with Crippen LogP contribution in [0.3, 0.4) is 0 Å². The van der Waals surface area contributed by atoms with E-state index in [1.54, 1.807) is 17.0 Å². The molecule has 1 N–H and O–H groups in total. The molecular weight excluding hydrogens is 308 g/mol. The zero-order valence-corrected chi connectivity index (χ0v) is 14.5. The first-order valence-electron chi connectivity index (χ1n) is 8.30. The molecule has 2 heterocycles. The maximum Gasteiger partial charge on any atom is 0.254 e. The summed E-state index contributed by atoms with van der Waals surface area (Å²) in [5, 5.41) is 2.89. The summed E-state index contributed by atoms with van der Waals surface area (Å²) >= 11 is 0. The van der Waals surface area contributed by atoms with Gasteiger partial charge in [-0.2, -0.15) is 0 Å². The number of hydrogen-bond acceptors (Lipinski definition) is 4. The quantitative estimate of drug-likeness (QED) is 0.912.